The molecule has 1 N–H and O–H groups in total. The van der Waals surface area contributed by atoms with E-state index in [2.05, 4.69) is 36.1 Å². The molecule has 0 unspecified atom stereocenters. The first kappa shape index (κ1) is 16.1. The molecule has 0 atom stereocenters. The van der Waals surface area contributed by atoms with Crippen LogP contribution in [0.1, 0.15) is 70.2 Å². The second-order valence-corrected chi connectivity index (χ2v) is 6.40. The Morgan fingerprint density at radius 2 is 1.95 bits per heavy atom. The fourth-order valence-electron chi connectivity index (χ4n) is 2.70. The average molecular weight is 291 g/mol. The topological polar surface area (TPSA) is 47.0 Å². The summed E-state index contributed by atoms with van der Waals surface area (Å²) in [6.45, 7) is 10.2. The van der Waals surface area contributed by atoms with Gasteiger partial charge in [0.2, 0.25) is 5.88 Å². The van der Waals surface area contributed by atoms with E-state index in [0.29, 0.717) is 11.8 Å². The van der Waals surface area contributed by atoms with Crippen molar-refractivity contribution in [2.24, 2.45) is 5.92 Å². The van der Waals surface area contributed by atoms with Crippen molar-refractivity contribution in [2.75, 3.05) is 18.5 Å². The second-order valence-electron chi connectivity index (χ2n) is 6.40. The number of nitrogens with one attached hydrogen (secondary N) is 1. The van der Waals surface area contributed by atoms with Crippen LogP contribution in [0.15, 0.2) is 0 Å². The number of hydrogen-bond acceptors (Lipinski definition) is 4. The van der Waals surface area contributed by atoms with E-state index in [-0.39, 0.29) is 0 Å². The van der Waals surface area contributed by atoms with Crippen LogP contribution in [0, 0.1) is 12.8 Å². The molecule has 4 nitrogen and oxygen atoms in total. The highest BCUT2D eigenvalue weighted by Crippen LogP contribution is 2.28. The van der Waals surface area contributed by atoms with E-state index in [1.165, 1.54) is 25.7 Å². The third-order valence-corrected chi connectivity index (χ3v) is 4.11. The van der Waals surface area contributed by atoms with Crippen molar-refractivity contribution in [2.45, 2.75) is 65.7 Å². The summed E-state index contributed by atoms with van der Waals surface area (Å²) in [5.41, 5.74) is 1.03. The molecule has 0 radical (unpaired) electrons. The fraction of sp³-hybridized carbons (Fsp3) is 0.765. The third kappa shape index (κ3) is 4.32. The predicted octanol–water partition coefficient (Wildman–Crippen LogP) is 4.30. The largest absolute Gasteiger partial charge is 0.477 e. The molecule has 1 saturated carbocycles. The molecule has 1 aliphatic carbocycles. The van der Waals surface area contributed by atoms with Gasteiger partial charge >= 0.3 is 0 Å². The molecular formula is C17H29N3O. The summed E-state index contributed by atoms with van der Waals surface area (Å²) in [5, 5.41) is 3.40. The van der Waals surface area contributed by atoms with Gasteiger partial charge in [0.25, 0.3) is 0 Å². The van der Waals surface area contributed by atoms with Gasteiger partial charge < -0.3 is 10.1 Å². The second kappa shape index (κ2) is 7.62. The van der Waals surface area contributed by atoms with Crippen LogP contribution in [0.4, 0.5) is 5.82 Å². The summed E-state index contributed by atoms with van der Waals surface area (Å²) in [6, 6.07) is 0. The zero-order valence-corrected chi connectivity index (χ0v) is 13.9. The predicted molar refractivity (Wildman–Crippen MR) is 87.1 cm³/mol. The molecule has 118 valence electrons. The Labute approximate surface area is 128 Å². The molecule has 0 aliphatic heterocycles. The number of ether oxygens (including phenoxy) is 1. The summed E-state index contributed by atoms with van der Waals surface area (Å²) >= 11 is 0. The monoisotopic (exact) mass is 291 g/mol. The van der Waals surface area contributed by atoms with Gasteiger partial charge in [0, 0.05) is 12.5 Å². The average Bonchev–Trinajstić information content (AvgIpc) is 2.98. The first-order chi connectivity index (χ1) is 10.1. The Balaban J connectivity index is 2.14. The normalized spacial score (nSPS) is 15.7. The zero-order chi connectivity index (χ0) is 15.2. The molecule has 1 aliphatic rings. The summed E-state index contributed by atoms with van der Waals surface area (Å²) in [7, 11) is 0. The Hall–Kier alpha value is -1.32. The first-order valence-corrected chi connectivity index (χ1v) is 8.37. The molecule has 1 fully saturated rings. The molecular weight excluding hydrogens is 262 g/mol. The van der Waals surface area contributed by atoms with Gasteiger partial charge in [0.15, 0.2) is 0 Å². The molecule has 0 saturated heterocycles. The lowest BCUT2D eigenvalue weighted by Gasteiger charge is -2.17. The summed E-state index contributed by atoms with van der Waals surface area (Å²) < 4.78 is 6.04. The molecule has 4 heteroatoms. The lowest BCUT2D eigenvalue weighted by atomic mass is 10.1. The molecule has 0 amide bonds. The molecule has 1 aromatic rings. The maximum atomic E-state index is 6.04. The van der Waals surface area contributed by atoms with Crippen molar-refractivity contribution in [1.29, 1.82) is 0 Å². The number of anilines is 1. The zero-order valence-electron chi connectivity index (χ0n) is 13.9. The highest BCUT2D eigenvalue weighted by Gasteiger charge is 2.18. The van der Waals surface area contributed by atoms with Gasteiger partial charge in [-0.3, -0.25) is 0 Å². The van der Waals surface area contributed by atoms with E-state index < -0.39 is 0 Å². The van der Waals surface area contributed by atoms with E-state index in [9.17, 15) is 0 Å². The van der Waals surface area contributed by atoms with Crippen molar-refractivity contribution in [3.63, 3.8) is 0 Å². The number of aromatic nitrogens is 2. The van der Waals surface area contributed by atoms with E-state index in [1.807, 2.05) is 6.92 Å². The maximum Gasteiger partial charge on any atom is 0.221 e. The summed E-state index contributed by atoms with van der Waals surface area (Å²) in [4.78, 5) is 9.28. The van der Waals surface area contributed by atoms with Crippen LogP contribution in [0.25, 0.3) is 0 Å². The number of hydrogen-bond donors (Lipinski definition) is 1. The molecule has 0 spiro atoms. The highest BCUT2D eigenvalue weighted by atomic mass is 16.5. The van der Waals surface area contributed by atoms with Crippen molar-refractivity contribution in [1.82, 2.24) is 9.97 Å². The summed E-state index contributed by atoms with van der Waals surface area (Å²) in [6.07, 6.45) is 6.36. The Kier molecular flexibility index (Phi) is 5.83. The highest BCUT2D eigenvalue weighted by molar-refractivity contribution is 5.48. The van der Waals surface area contributed by atoms with Crippen molar-refractivity contribution in [3.05, 3.63) is 11.4 Å². The van der Waals surface area contributed by atoms with Crippen LogP contribution in [-0.4, -0.2) is 23.1 Å². The van der Waals surface area contributed by atoms with Crippen molar-refractivity contribution >= 4 is 5.82 Å². The van der Waals surface area contributed by atoms with Crippen molar-refractivity contribution in [3.8, 4) is 5.88 Å². The van der Waals surface area contributed by atoms with Gasteiger partial charge in [-0.05, 0) is 32.1 Å². The molecule has 0 aromatic carbocycles. The van der Waals surface area contributed by atoms with E-state index >= 15 is 0 Å². The maximum absolute atomic E-state index is 6.04. The van der Waals surface area contributed by atoms with Crippen molar-refractivity contribution < 1.29 is 4.74 Å². The smallest absolute Gasteiger partial charge is 0.221 e. The molecule has 1 heterocycles. The van der Waals surface area contributed by atoms with E-state index in [1.54, 1.807) is 0 Å². The van der Waals surface area contributed by atoms with Crippen LogP contribution < -0.4 is 10.1 Å². The summed E-state index contributed by atoms with van der Waals surface area (Å²) in [5.74, 6) is 3.56. The first-order valence-electron chi connectivity index (χ1n) is 8.37. The number of rotatable bonds is 7. The van der Waals surface area contributed by atoms with Crippen LogP contribution in [0.5, 0.6) is 5.88 Å². The Bertz CT molecular complexity index is 454. The van der Waals surface area contributed by atoms with Gasteiger partial charge in [-0.2, -0.15) is 4.98 Å². The quantitative estimate of drug-likeness (QED) is 0.813. The lowest BCUT2D eigenvalue weighted by molar-refractivity contribution is 0.241. The van der Waals surface area contributed by atoms with Gasteiger partial charge in [-0.1, -0.05) is 33.6 Å². The van der Waals surface area contributed by atoms with Gasteiger partial charge in [-0.25, -0.2) is 4.98 Å². The minimum atomic E-state index is 0.307. The third-order valence-electron chi connectivity index (χ3n) is 4.11. The fourth-order valence-corrected chi connectivity index (χ4v) is 2.70. The Morgan fingerprint density at radius 3 is 2.57 bits per heavy atom. The van der Waals surface area contributed by atoms with E-state index in [4.69, 9.17) is 4.74 Å². The minimum absolute atomic E-state index is 0.307. The van der Waals surface area contributed by atoms with Crippen LogP contribution in [-0.2, 0) is 0 Å². The minimum Gasteiger partial charge on any atom is -0.477 e. The SMILES string of the molecule is CCCNc1nc(C(C)C)nc(OCC2CCCC2)c1C. The lowest BCUT2D eigenvalue weighted by Crippen LogP contribution is -2.14. The molecule has 0 bridgehead atoms. The number of nitrogens with zero attached hydrogens (tertiary/aromatic N) is 2. The standard InChI is InChI=1S/C17H29N3O/c1-5-10-18-16-13(4)17(20-15(19-16)12(2)3)21-11-14-8-6-7-9-14/h12,14H,5-11H2,1-4H3,(H,18,19,20). The van der Waals surface area contributed by atoms with Gasteiger partial charge in [0.1, 0.15) is 11.6 Å². The molecule has 2 rings (SSSR count). The van der Waals surface area contributed by atoms with Gasteiger partial charge in [0.05, 0.1) is 12.2 Å². The Morgan fingerprint density at radius 1 is 1.24 bits per heavy atom. The van der Waals surface area contributed by atoms with Crippen LogP contribution in [0.3, 0.4) is 0 Å². The van der Waals surface area contributed by atoms with E-state index in [0.717, 1.165) is 42.7 Å². The molecule has 1 aromatic heterocycles. The molecule has 21 heavy (non-hydrogen) atoms. The van der Waals surface area contributed by atoms with Crippen LogP contribution in [0.2, 0.25) is 0 Å². The van der Waals surface area contributed by atoms with Crippen LogP contribution >= 0.6 is 0 Å². The van der Waals surface area contributed by atoms with Gasteiger partial charge in [-0.15, -0.1) is 0 Å².